The third-order valence-corrected chi connectivity index (χ3v) is 6.19. The number of aromatic nitrogens is 4. The summed E-state index contributed by atoms with van der Waals surface area (Å²) in [6.07, 6.45) is 4.48. The van der Waals surface area contributed by atoms with Crippen LogP contribution in [0.5, 0.6) is 0 Å². The normalized spacial score (nSPS) is 13.9. The lowest BCUT2D eigenvalue weighted by molar-refractivity contribution is -0.120. The molecule has 0 atom stereocenters. The fourth-order valence-corrected chi connectivity index (χ4v) is 4.39. The van der Waals surface area contributed by atoms with Crippen LogP contribution in [0.15, 0.2) is 35.6 Å². The molecule has 0 bridgehead atoms. The lowest BCUT2D eigenvalue weighted by Crippen LogP contribution is -2.29. The molecule has 7 nitrogen and oxygen atoms in total. The van der Waals surface area contributed by atoms with Crippen molar-refractivity contribution in [1.29, 1.82) is 0 Å². The Morgan fingerprint density at radius 1 is 1.23 bits per heavy atom. The molecule has 9 heteroatoms. The van der Waals surface area contributed by atoms with Crippen molar-refractivity contribution in [2.45, 2.75) is 37.9 Å². The zero-order chi connectivity index (χ0) is 20.9. The summed E-state index contributed by atoms with van der Waals surface area (Å²) in [4.78, 5) is 24.1. The molecule has 1 aliphatic rings. The van der Waals surface area contributed by atoms with Crippen molar-refractivity contribution in [3.05, 3.63) is 41.0 Å². The van der Waals surface area contributed by atoms with Gasteiger partial charge in [-0.25, -0.2) is 14.6 Å². The molecule has 1 aromatic carbocycles. The zero-order valence-electron chi connectivity index (χ0n) is 17.0. The molecular weight excluding hydrogens is 420 g/mol. The van der Waals surface area contributed by atoms with Crippen molar-refractivity contribution < 1.29 is 4.79 Å². The number of hydrogen-bond acceptors (Lipinski definition) is 6. The van der Waals surface area contributed by atoms with E-state index in [0.717, 1.165) is 46.4 Å². The van der Waals surface area contributed by atoms with E-state index in [1.54, 1.807) is 17.8 Å². The standard InChI is InChI=1S/C21H25ClN6OS/c1-2-30-21-25-19(27-10-5-6-11-27)16-14-24-28(20(16)26-21)12-9-23-18(29)13-15-7-3-4-8-17(15)22/h3-4,7-8,14H,2,5-6,9-13H2,1H3,(H,23,29). The molecule has 0 unspecified atom stereocenters. The molecule has 1 aliphatic heterocycles. The Labute approximate surface area is 185 Å². The van der Waals surface area contributed by atoms with Crippen LogP contribution in [0.1, 0.15) is 25.3 Å². The lowest BCUT2D eigenvalue weighted by Gasteiger charge is -2.17. The average Bonchev–Trinajstić information content (AvgIpc) is 3.40. The van der Waals surface area contributed by atoms with Crippen LogP contribution in [0.25, 0.3) is 11.0 Å². The summed E-state index contributed by atoms with van der Waals surface area (Å²) in [7, 11) is 0. The minimum Gasteiger partial charge on any atom is -0.356 e. The first-order chi connectivity index (χ1) is 14.7. The SMILES string of the molecule is CCSc1nc(N2CCCC2)c2cnn(CCNC(=O)Cc3ccccc3Cl)c2n1. The molecule has 2 aromatic heterocycles. The summed E-state index contributed by atoms with van der Waals surface area (Å²) in [5.74, 6) is 1.83. The Kier molecular flexibility index (Phi) is 6.74. The lowest BCUT2D eigenvalue weighted by atomic mass is 10.1. The fraction of sp³-hybridized carbons (Fsp3) is 0.429. The van der Waals surface area contributed by atoms with E-state index in [4.69, 9.17) is 21.6 Å². The Bertz CT molecular complexity index is 1030. The number of rotatable bonds is 8. The maximum Gasteiger partial charge on any atom is 0.224 e. The first-order valence-electron chi connectivity index (χ1n) is 10.3. The van der Waals surface area contributed by atoms with Crippen LogP contribution in [-0.4, -0.2) is 51.0 Å². The van der Waals surface area contributed by atoms with Gasteiger partial charge in [0.25, 0.3) is 0 Å². The monoisotopic (exact) mass is 444 g/mol. The Morgan fingerprint density at radius 3 is 2.80 bits per heavy atom. The van der Waals surface area contributed by atoms with Gasteiger partial charge in [0.15, 0.2) is 10.8 Å². The smallest absolute Gasteiger partial charge is 0.224 e. The van der Waals surface area contributed by atoms with E-state index in [1.165, 1.54) is 12.8 Å². The fourth-order valence-electron chi connectivity index (χ4n) is 3.63. The van der Waals surface area contributed by atoms with Crippen LogP contribution in [0, 0.1) is 0 Å². The quantitative estimate of drug-likeness (QED) is 0.423. The number of hydrogen-bond donors (Lipinski definition) is 1. The van der Waals surface area contributed by atoms with Crippen molar-refractivity contribution in [2.24, 2.45) is 0 Å². The maximum absolute atomic E-state index is 12.3. The summed E-state index contributed by atoms with van der Waals surface area (Å²) in [6.45, 7) is 5.15. The van der Waals surface area contributed by atoms with E-state index in [-0.39, 0.29) is 12.3 Å². The number of halogens is 1. The third-order valence-electron chi connectivity index (χ3n) is 5.09. The molecule has 30 heavy (non-hydrogen) atoms. The average molecular weight is 445 g/mol. The summed E-state index contributed by atoms with van der Waals surface area (Å²) < 4.78 is 1.85. The third kappa shape index (κ3) is 4.70. The van der Waals surface area contributed by atoms with Gasteiger partial charge < -0.3 is 10.2 Å². The van der Waals surface area contributed by atoms with Crippen LogP contribution >= 0.6 is 23.4 Å². The van der Waals surface area contributed by atoms with Gasteiger partial charge >= 0.3 is 0 Å². The molecule has 1 fully saturated rings. The number of amides is 1. The van der Waals surface area contributed by atoms with Crippen molar-refractivity contribution in [3.63, 3.8) is 0 Å². The predicted octanol–water partition coefficient (Wildman–Crippen LogP) is 3.55. The van der Waals surface area contributed by atoms with Crippen molar-refractivity contribution >= 4 is 46.1 Å². The van der Waals surface area contributed by atoms with Crippen LogP contribution in [0.3, 0.4) is 0 Å². The van der Waals surface area contributed by atoms with E-state index in [0.29, 0.717) is 18.1 Å². The molecule has 3 heterocycles. The minimum absolute atomic E-state index is 0.0610. The zero-order valence-corrected chi connectivity index (χ0v) is 18.5. The number of anilines is 1. The van der Waals surface area contributed by atoms with Crippen LogP contribution in [0.4, 0.5) is 5.82 Å². The molecule has 3 aromatic rings. The molecule has 1 N–H and O–H groups in total. The molecule has 0 spiro atoms. The highest BCUT2D eigenvalue weighted by Crippen LogP contribution is 2.29. The van der Waals surface area contributed by atoms with Crippen LogP contribution in [0.2, 0.25) is 5.02 Å². The summed E-state index contributed by atoms with van der Waals surface area (Å²) >= 11 is 7.78. The van der Waals surface area contributed by atoms with Crippen LogP contribution < -0.4 is 10.2 Å². The molecule has 1 saturated heterocycles. The first kappa shape index (κ1) is 20.9. The first-order valence-corrected chi connectivity index (χ1v) is 11.6. The number of nitrogens with zero attached hydrogens (tertiary/aromatic N) is 5. The van der Waals surface area contributed by atoms with Gasteiger partial charge in [-0.2, -0.15) is 5.10 Å². The summed E-state index contributed by atoms with van der Waals surface area (Å²) in [5.41, 5.74) is 1.65. The van der Waals surface area contributed by atoms with Crippen LogP contribution in [-0.2, 0) is 17.8 Å². The minimum atomic E-state index is -0.0610. The van der Waals surface area contributed by atoms with Gasteiger partial charge in [0.2, 0.25) is 5.91 Å². The molecule has 0 aliphatic carbocycles. The Hall–Kier alpha value is -2.32. The predicted molar refractivity (Wildman–Crippen MR) is 121 cm³/mol. The van der Waals surface area contributed by atoms with Gasteiger partial charge in [0.1, 0.15) is 5.82 Å². The maximum atomic E-state index is 12.3. The topological polar surface area (TPSA) is 75.9 Å². The molecule has 158 valence electrons. The Morgan fingerprint density at radius 2 is 2.03 bits per heavy atom. The van der Waals surface area contributed by atoms with E-state index in [9.17, 15) is 4.79 Å². The van der Waals surface area contributed by atoms with E-state index in [2.05, 4.69) is 22.2 Å². The van der Waals surface area contributed by atoms with E-state index in [1.807, 2.05) is 29.1 Å². The second kappa shape index (κ2) is 9.66. The largest absolute Gasteiger partial charge is 0.356 e. The Balaban J connectivity index is 1.46. The number of carbonyl (C=O) groups excluding carboxylic acids is 1. The van der Waals surface area contributed by atoms with Gasteiger partial charge in [-0.3, -0.25) is 4.79 Å². The summed E-state index contributed by atoms with van der Waals surface area (Å²) in [6, 6.07) is 7.40. The van der Waals surface area contributed by atoms with Gasteiger partial charge in [-0.15, -0.1) is 0 Å². The van der Waals surface area contributed by atoms with E-state index < -0.39 is 0 Å². The molecule has 0 saturated carbocycles. The molecule has 4 rings (SSSR count). The molecule has 1 amide bonds. The number of nitrogens with one attached hydrogen (secondary N) is 1. The second-order valence-electron chi connectivity index (χ2n) is 7.18. The van der Waals surface area contributed by atoms with Gasteiger partial charge in [0, 0.05) is 24.7 Å². The molecular formula is C21H25ClN6OS. The van der Waals surface area contributed by atoms with Crippen molar-refractivity contribution in [3.8, 4) is 0 Å². The highest BCUT2D eigenvalue weighted by molar-refractivity contribution is 7.99. The number of fused-ring (bicyclic) bond motifs is 1. The molecule has 0 radical (unpaired) electrons. The number of thioether (sulfide) groups is 1. The van der Waals surface area contributed by atoms with Gasteiger partial charge in [0.05, 0.1) is 24.5 Å². The summed E-state index contributed by atoms with van der Waals surface area (Å²) in [5, 5.41) is 9.84. The second-order valence-corrected chi connectivity index (χ2v) is 8.82. The highest BCUT2D eigenvalue weighted by atomic mass is 35.5. The van der Waals surface area contributed by atoms with Crippen molar-refractivity contribution in [2.75, 3.05) is 30.3 Å². The highest BCUT2D eigenvalue weighted by Gasteiger charge is 2.20. The number of benzene rings is 1. The van der Waals surface area contributed by atoms with Gasteiger partial charge in [-0.1, -0.05) is 48.5 Å². The van der Waals surface area contributed by atoms with E-state index >= 15 is 0 Å². The van der Waals surface area contributed by atoms with Gasteiger partial charge in [-0.05, 0) is 30.2 Å². The van der Waals surface area contributed by atoms with Crippen molar-refractivity contribution in [1.82, 2.24) is 25.1 Å². The number of carbonyl (C=O) groups is 1.